The summed E-state index contributed by atoms with van der Waals surface area (Å²) in [7, 11) is -4.00. The zero-order valence-corrected chi connectivity index (χ0v) is 7.98. The molecular weight excluding hydrogens is 206 g/mol. The Balaban J connectivity index is 0.000000364. The highest BCUT2D eigenvalue weighted by atomic mass is 32.2. The third-order valence-corrected chi connectivity index (χ3v) is 1.98. The number of nitriles is 1. The highest BCUT2D eigenvalue weighted by Gasteiger charge is 2.05. The second kappa shape index (κ2) is 6.10. The molecule has 0 unspecified atom stereocenters. The normalized spacial score (nSPS) is 9.50. The van der Waals surface area contributed by atoms with E-state index in [1.807, 2.05) is 0 Å². The van der Waals surface area contributed by atoms with Gasteiger partial charge in [0.05, 0.1) is 11.0 Å². The summed E-state index contributed by atoms with van der Waals surface area (Å²) in [5.41, 5.74) is 0. The highest BCUT2D eigenvalue weighted by Crippen LogP contribution is 2.05. The summed E-state index contributed by atoms with van der Waals surface area (Å²) >= 11 is 0. The molecule has 0 aliphatic heterocycles. The Hall–Kier alpha value is -1.42. The fraction of sp³-hybridized carbons (Fsp3) is 0.125. The van der Waals surface area contributed by atoms with Gasteiger partial charge in [0.15, 0.2) is 0 Å². The zero-order chi connectivity index (χ0) is 11.0. The van der Waals surface area contributed by atoms with Crippen LogP contribution in [0.25, 0.3) is 0 Å². The maximum Gasteiger partial charge on any atom is 0.294 e. The highest BCUT2D eigenvalue weighted by molar-refractivity contribution is 7.85. The molecule has 0 saturated carbocycles. The van der Waals surface area contributed by atoms with Crippen LogP contribution >= 0.6 is 0 Å². The Kier molecular flexibility index (Phi) is 5.48. The minimum absolute atomic E-state index is 0.0741. The molecule has 6 heteroatoms. The lowest BCUT2D eigenvalue weighted by molar-refractivity contribution is 0.348. The van der Waals surface area contributed by atoms with Crippen LogP contribution in [0.3, 0.4) is 0 Å². The Morgan fingerprint density at radius 3 is 1.93 bits per heavy atom. The topological polar surface area (TPSA) is 98.4 Å². The monoisotopic (exact) mass is 215 g/mol. The fourth-order valence-corrected chi connectivity index (χ4v) is 1.09. The molecule has 1 rings (SSSR count). The van der Waals surface area contributed by atoms with E-state index in [2.05, 4.69) is 0 Å². The second-order valence-corrected chi connectivity index (χ2v) is 3.53. The Bertz CT molecular complexity index is 393. The number of aliphatic hydroxyl groups excluding tert-OH is 1. The standard InChI is InChI=1S/C6H6O3S.C2H3NO/c7-10(8,9)6-4-2-1-3-5-6;3-1-2-4/h1-5H,(H,7,8,9);4H,2H2. The van der Waals surface area contributed by atoms with Crippen LogP contribution < -0.4 is 0 Å². The first-order chi connectivity index (χ1) is 6.52. The van der Waals surface area contributed by atoms with Gasteiger partial charge in [0.25, 0.3) is 10.1 Å². The lowest BCUT2D eigenvalue weighted by Crippen LogP contribution is -1.96. The smallest absolute Gasteiger partial charge is 0.294 e. The van der Waals surface area contributed by atoms with Crippen LogP contribution in [0.4, 0.5) is 0 Å². The van der Waals surface area contributed by atoms with E-state index in [0.29, 0.717) is 0 Å². The van der Waals surface area contributed by atoms with Gasteiger partial charge in [-0.3, -0.25) is 4.55 Å². The van der Waals surface area contributed by atoms with E-state index in [-0.39, 0.29) is 11.5 Å². The predicted octanol–water partition coefficient (Wildman–Crippen LogP) is 0.436. The lowest BCUT2D eigenvalue weighted by Gasteiger charge is -1.92. The van der Waals surface area contributed by atoms with Gasteiger partial charge in [-0.15, -0.1) is 0 Å². The van der Waals surface area contributed by atoms with Crippen molar-refractivity contribution in [2.45, 2.75) is 4.90 Å². The van der Waals surface area contributed by atoms with Crippen molar-refractivity contribution >= 4 is 10.1 Å². The van der Waals surface area contributed by atoms with E-state index in [4.69, 9.17) is 14.9 Å². The molecule has 1 aromatic rings. The molecule has 2 N–H and O–H groups in total. The number of nitrogens with zero attached hydrogens (tertiary/aromatic N) is 1. The van der Waals surface area contributed by atoms with Crippen LogP contribution in [0.2, 0.25) is 0 Å². The van der Waals surface area contributed by atoms with Gasteiger partial charge < -0.3 is 5.11 Å². The van der Waals surface area contributed by atoms with Gasteiger partial charge in [0, 0.05) is 0 Å². The van der Waals surface area contributed by atoms with Crippen LogP contribution in [0.5, 0.6) is 0 Å². The molecule has 0 radical (unpaired) electrons. The van der Waals surface area contributed by atoms with Gasteiger partial charge in [0.1, 0.15) is 6.61 Å². The van der Waals surface area contributed by atoms with Crippen molar-refractivity contribution < 1.29 is 18.1 Å². The van der Waals surface area contributed by atoms with Crippen LogP contribution in [0, 0.1) is 11.3 Å². The van der Waals surface area contributed by atoms with Gasteiger partial charge in [-0.25, -0.2) is 0 Å². The van der Waals surface area contributed by atoms with E-state index in [0.717, 1.165) is 0 Å². The van der Waals surface area contributed by atoms with E-state index in [1.165, 1.54) is 18.2 Å². The number of hydrogen-bond acceptors (Lipinski definition) is 4. The molecule has 0 heterocycles. The first-order valence-electron chi connectivity index (χ1n) is 3.52. The summed E-state index contributed by atoms with van der Waals surface area (Å²) < 4.78 is 29.2. The average molecular weight is 215 g/mol. The largest absolute Gasteiger partial charge is 0.381 e. The molecule has 0 aromatic heterocycles. The minimum atomic E-state index is -4.00. The first-order valence-corrected chi connectivity index (χ1v) is 4.96. The van der Waals surface area contributed by atoms with E-state index in [9.17, 15) is 8.42 Å². The molecule has 0 fully saturated rings. The molecule has 0 bridgehead atoms. The van der Waals surface area contributed by atoms with Gasteiger partial charge in [-0.05, 0) is 12.1 Å². The van der Waals surface area contributed by atoms with Crippen molar-refractivity contribution in [3.05, 3.63) is 30.3 Å². The van der Waals surface area contributed by atoms with Crippen molar-refractivity contribution in [3.63, 3.8) is 0 Å². The van der Waals surface area contributed by atoms with E-state index < -0.39 is 10.1 Å². The quantitative estimate of drug-likeness (QED) is 0.523. The number of benzene rings is 1. The van der Waals surface area contributed by atoms with Crippen molar-refractivity contribution in [3.8, 4) is 6.07 Å². The van der Waals surface area contributed by atoms with E-state index >= 15 is 0 Å². The second-order valence-electron chi connectivity index (χ2n) is 2.10. The SMILES string of the molecule is N#CCO.O=S(=O)(O)c1ccccc1. The van der Waals surface area contributed by atoms with Gasteiger partial charge in [-0.1, -0.05) is 18.2 Å². The van der Waals surface area contributed by atoms with Crippen LogP contribution in [0.1, 0.15) is 0 Å². The predicted molar refractivity (Wildman–Crippen MR) is 49.0 cm³/mol. The minimum Gasteiger partial charge on any atom is -0.381 e. The lowest BCUT2D eigenvalue weighted by atomic mass is 10.4. The third kappa shape index (κ3) is 5.27. The molecule has 5 nitrogen and oxygen atoms in total. The molecule has 0 saturated heterocycles. The molecule has 0 aliphatic rings. The Morgan fingerprint density at radius 2 is 1.71 bits per heavy atom. The summed E-state index contributed by atoms with van der Waals surface area (Å²) in [6, 6.07) is 8.91. The Morgan fingerprint density at radius 1 is 1.29 bits per heavy atom. The van der Waals surface area contributed by atoms with Gasteiger partial charge >= 0.3 is 0 Å². The third-order valence-electron chi connectivity index (χ3n) is 1.11. The molecule has 0 amide bonds. The maximum absolute atomic E-state index is 10.4. The van der Waals surface area contributed by atoms with E-state index in [1.54, 1.807) is 18.2 Å². The molecule has 0 aliphatic carbocycles. The van der Waals surface area contributed by atoms with Crippen molar-refractivity contribution in [2.24, 2.45) is 0 Å². The van der Waals surface area contributed by atoms with Crippen molar-refractivity contribution in [2.75, 3.05) is 6.61 Å². The molecular formula is C8H9NO4S. The summed E-state index contributed by atoms with van der Waals surface area (Å²) in [6.45, 7) is -0.375. The van der Waals surface area contributed by atoms with Crippen molar-refractivity contribution in [1.29, 1.82) is 5.26 Å². The molecule has 0 atom stereocenters. The number of aliphatic hydroxyl groups is 1. The number of hydrogen-bond donors (Lipinski definition) is 2. The maximum atomic E-state index is 10.4. The summed E-state index contributed by atoms with van der Waals surface area (Å²) in [5.74, 6) is 0. The van der Waals surface area contributed by atoms with Crippen LogP contribution in [-0.4, -0.2) is 24.7 Å². The van der Waals surface area contributed by atoms with Crippen molar-refractivity contribution in [1.82, 2.24) is 0 Å². The summed E-state index contributed by atoms with van der Waals surface area (Å²) in [4.78, 5) is -0.0741. The average Bonchev–Trinajstić information content (AvgIpc) is 2.18. The summed E-state index contributed by atoms with van der Waals surface area (Å²) in [6.07, 6.45) is 0. The molecule has 1 aromatic carbocycles. The molecule has 76 valence electrons. The number of rotatable bonds is 1. The Labute approximate surface area is 82.0 Å². The first kappa shape index (κ1) is 12.6. The van der Waals surface area contributed by atoms with Gasteiger partial charge in [-0.2, -0.15) is 13.7 Å². The molecule has 14 heavy (non-hydrogen) atoms. The zero-order valence-electron chi connectivity index (χ0n) is 7.16. The summed E-state index contributed by atoms with van der Waals surface area (Å²) in [5, 5.41) is 14.9. The molecule has 0 spiro atoms. The fourth-order valence-electron chi connectivity index (χ4n) is 0.592. The van der Waals surface area contributed by atoms with Crippen LogP contribution in [-0.2, 0) is 10.1 Å². The van der Waals surface area contributed by atoms with Crippen LogP contribution in [0.15, 0.2) is 35.2 Å². The van der Waals surface area contributed by atoms with Gasteiger partial charge in [0.2, 0.25) is 0 Å².